The van der Waals surface area contributed by atoms with Gasteiger partial charge in [0.2, 0.25) is 11.8 Å². The first-order valence-corrected chi connectivity index (χ1v) is 15.4. The van der Waals surface area contributed by atoms with Crippen molar-refractivity contribution in [1.29, 1.82) is 0 Å². The quantitative estimate of drug-likeness (QED) is 0.180. The Bertz CT molecular complexity index is 1350. The molecule has 8 heteroatoms. The molecule has 3 amide bonds. The van der Waals surface area contributed by atoms with Gasteiger partial charge in [-0.1, -0.05) is 92.9 Å². The van der Waals surface area contributed by atoms with Crippen LogP contribution in [-0.4, -0.2) is 46.1 Å². The molecule has 3 N–H and O–H groups in total. The molecule has 3 aromatic carbocycles. The molecular formula is C36H47N3O5. The molecule has 0 spiro atoms. The number of aryl methyl sites for hydroxylation is 1. The minimum atomic E-state index is -1.02. The van der Waals surface area contributed by atoms with Gasteiger partial charge in [-0.2, -0.15) is 0 Å². The van der Waals surface area contributed by atoms with E-state index in [4.69, 9.17) is 4.74 Å². The zero-order valence-corrected chi connectivity index (χ0v) is 26.6. The third kappa shape index (κ3) is 10.7. The van der Waals surface area contributed by atoms with Crippen molar-refractivity contribution in [3.8, 4) is 5.75 Å². The fourth-order valence-corrected chi connectivity index (χ4v) is 5.02. The van der Waals surface area contributed by atoms with Crippen molar-refractivity contribution in [2.24, 2.45) is 0 Å². The maximum absolute atomic E-state index is 14.6. The van der Waals surface area contributed by atoms with E-state index in [2.05, 4.69) is 17.6 Å². The third-order valence-corrected chi connectivity index (χ3v) is 7.25. The first kappa shape index (κ1) is 34.2. The van der Waals surface area contributed by atoms with Gasteiger partial charge in [-0.3, -0.25) is 9.59 Å². The fraction of sp³-hybridized carbons (Fsp3) is 0.417. The summed E-state index contributed by atoms with van der Waals surface area (Å²) in [5, 5.41) is 15.7. The van der Waals surface area contributed by atoms with Crippen LogP contribution in [-0.2, 0) is 27.3 Å². The maximum atomic E-state index is 14.6. The number of rotatable bonds is 14. The molecule has 0 aliphatic carbocycles. The molecule has 0 fully saturated rings. The van der Waals surface area contributed by atoms with Crippen molar-refractivity contribution >= 4 is 17.9 Å². The average molecular weight is 602 g/mol. The summed E-state index contributed by atoms with van der Waals surface area (Å²) >= 11 is 0. The first-order chi connectivity index (χ1) is 21.0. The van der Waals surface area contributed by atoms with Gasteiger partial charge >= 0.3 is 6.09 Å². The van der Waals surface area contributed by atoms with E-state index >= 15 is 0 Å². The summed E-state index contributed by atoms with van der Waals surface area (Å²) in [7, 11) is 0. The molecule has 0 aliphatic heterocycles. The Kier molecular flexibility index (Phi) is 12.8. The van der Waals surface area contributed by atoms with E-state index in [0.29, 0.717) is 19.5 Å². The Morgan fingerprint density at radius 3 is 2.16 bits per heavy atom. The third-order valence-electron chi connectivity index (χ3n) is 7.25. The number of ether oxygens (including phenoxy) is 1. The highest BCUT2D eigenvalue weighted by Gasteiger charge is 2.36. The lowest BCUT2D eigenvalue weighted by Crippen LogP contribution is -2.54. The summed E-state index contributed by atoms with van der Waals surface area (Å²) < 4.78 is 5.53. The molecule has 0 aliphatic rings. The van der Waals surface area contributed by atoms with Crippen LogP contribution >= 0.6 is 0 Å². The van der Waals surface area contributed by atoms with Crippen LogP contribution in [0.3, 0.4) is 0 Å². The van der Waals surface area contributed by atoms with Gasteiger partial charge in [-0.15, -0.1) is 0 Å². The molecule has 8 nitrogen and oxygen atoms in total. The number of nitrogens with one attached hydrogen (secondary N) is 2. The van der Waals surface area contributed by atoms with Crippen molar-refractivity contribution in [2.75, 3.05) is 6.54 Å². The fourth-order valence-electron chi connectivity index (χ4n) is 5.02. The van der Waals surface area contributed by atoms with Gasteiger partial charge < -0.3 is 25.4 Å². The van der Waals surface area contributed by atoms with Crippen LogP contribution in [0, 0.1) is 6.92 Å². The van der Waals surface area contributed by atoms with Gasteiger partial charge in [0, 0.05) is 19.5 Å². The van der Waals surface area contributed by atoms with Crippen LogP contribution in [0.25, 0.3) is 0 Å². The zero-order valence-electron chi connectivity index (χ0n) is 26.6. The number of hydrogen-bond donors (Lipinski definition) is 3. The average Bonchev–Trinajstić information content (AvgIpc) is 2.98. The molecule has 0 radical (unpaired) electrons. The Labute approximate surface area is 261 Å². The normalized spacial score (nSPS) is 12.6. The van der Waals surface area contributed by atoms with E-state index in [1.807, 2.05) is 61.5 Å². The Morgan fingerprint density at radius 1 is 0.864 bits per heavy atom. The van der Waals surface area contributed by atoms with Crippen LogP contribution in [0.4, 0.5) is 4.79 Å². The van der Waals surface area contributed by atoms with Crippen LogP contribution in [0.5, 0.6) is 5.75 Å². The SMILES string of the molecule is CCCCCCN(C(=O)C(Cc1ccc(O)cc1)NC(=O)OC(C)(C)C)C(C(=O)NCc1ccccc1)c1ccccc1C. The van der Waals surface area contributed by atoms with Gasteiger partial charge in [0.25, 0.3) is 0 Å². The second-order valence-corrected chi connectivity index (χ2v) is 12.1. The standard InChI is InChI=1S/C36H47N3O5/c1-6-7-8-14-23-39(32(30-18-13-12-15-26(30)2)33(41)37-25-28-16-10-9-11-17-28)34(42)31(38-35(43)44-36(3,4)5)24-27-19-21-29(40)22-20-27/h9-13,15-22,31-32,40H,6-8,14,23-25H2,1-5H3,(H,37,41)(H,38,43). The smallest absolute Gasteiger partial charge is 0.408 e. The summed E-state index contributed by atoms with van der Waals surface area (Å²) in [5.74, 6) is -0.583. The lowest BCUT2D eigenvalue weighted by atomic mass is 9.96. The number of carbonyl (C=O) groups excluding carboxylic acids is 3. The summed E-state index contributed by atoms with van der Waals surface area (Å²) in [6, 6.07) is 21.8. The largest absolute Gasteiger partial charge is 0.508 e. The van der Waals surface area contributed by atoms with Crippen LogP contribution < -0.4 is 10.6 Å². The maximum Gasteiger partial charge on any atom is 0.408 e. The lowest BCUT2D eigenvalue weighted by molar-refractivity contribution is -0.142. The van der Waals surface area contributed by atoms with Crippen molar-refractivity contribution in [3.63, 3.8) is 0 Å². The minimum Gasteiger partial charge on any atom is -0.508 e. The zero-order chi connectivity index (χ0) is 32.1. The highest BCUT2D eigenvalue weighted by atomic mass is 16.6. The summed E-state index contributed by atoms with van der Waals surface area (Å²) in [6.07, 6.45) is 3.05. The molecular weight excluding hydrogens is 554 g/mol. The number of nitrogens with zero attached hydrogens (tertiary/aromatic N) is 1. The molecule has 3 rings (SSSR count). The van der Waals surface area contributed by atoms with Gasteiger partial charge in [0.05, 0.1) is 0 Å². The van der Waals surface area contributed by atoms with Crippen LogP contribution in [0.2, 0.25) is 0 Å². The number of amides is 3. The number of benzene rings is 3. The van der Waals surface area contributed by atoms with Gasteiger partial charge in [0.15, 0.2) is 0 Å². The highest BCUT2D eigenvalue weighted by Crippen LogP contribution is 2.27. The molecule has 3 aromatic rings. The van der Waals surface area contributed by atoms with Crippen molar-refractivity contribution < 1.29 is 24.2 Å². The van der Waals surface area contributed by atoms with Crippen molar-refractivity contribution in [2.45, 2.75) is 91.0 Å². The molecule has 0 aromatic heterocycles. The molecule has 2 atom stereocenters. The molecule has 2 unspecified atom stereocenters. The number of phenols is 1. The van der Waals surface area contributed by atoms with Gasteiger partial charge in [0.1, 0.15) is 23.4 Å². The first-order valence-electron chi connectivity index (χ1n) is 15.4. The number of carbonyl (C=O) groups is 3. The Hall–Kier alpha value is -4.33. The second kappa shape index (κ2) is 16.5. The predicted molar refractivity (Wildman–Crippen MR) is 173 cm³/mol. The van der Waals surface area contributed by atoms with E-state index in [0.717, 1.165) is 41.5 Å². The van der Waals surface area contributed by atoms with Gasteiger partial charge in [-0.05, 0) is 68.5 Å². The highest BCUT2D eigenvalue weighted by molar-refractivity contribution is 5.92. The number of unbranched alkanes of at least 4 members (excludes halogenated alkanes) is 3. The van der Waals surface area contributed by atoms with Crippen LogP contribution in [0.15, 0.2) is 78.9 Å². The van der Waals surface area contributed by atoms with Gasteiger partial charge in [-0.25, -0.2) is 4.79 Å². The van der Waals surface area contributed by atoms with Crippen molar-refractivity contribution in [1.82, 2.24) is 15.5 Å². The van der Waals surface area contributed by atoms with Crippen molar-refractivity contribution in [3.05, 3.63) is 101 Å². The van der Waals surface area contributed by atoms with E-state index < -0.39 is 23.8 Å². The molecule has 44 heavy (non-hydrogen) atoms. The topological polar surface area (TPSA) is 108 Å². The molecule has 0 saturated carbocycles. The van der Waals surface area contributed by atoms with E-state index in [9.17, 15) is 19.5 Å². The second-order valence-electron chi connectivity index (χ2n) is 12.1. The molecule has 236 valence electrons. The summed E-state index contributed by atoms with van der Waals surface area (Å²) in [4.78, 5) is 43.3. The summed E-state index contributed by atoms with van der Waals surface area (Å²) in [5.41, 5.74) is 2.53. The van der Waals surface area contributed by atoms with E-state index in [-0.39, 0.29) is 24.0 Å². The Morgan fingerprint density at radius 2 is 1.52 bits per heavy atom. The van der Waals surface area contributed by atoms with E-state index in [1.54, 1.807) is 49.9 Å². The monoisotopic (exact) mass is 601 g/mol. The number of phenolic OH excluding ortho intramolecular Hbond substituents is 1. The van der Waals surface area contributed by atoms with Crippen LogP contribution in [0.1, 0.15) is 81.7 Å². The minimum absolute atomic E-state index is 0.101. The summed E-state index contributed by atoms with van der Waals surface area (Å²) in [6.45, 7) is 9.97. The number of aromatic hydroxyl groups is 1. The molecule has 0 heterocycles. The lowest BCUT2D eigenvalue weighted by Gasteiger charge is -2.35. The number of alkyl carbamates (subject to hydrolysis) is 1. The predicted octanol–water partition coefficient (Wildman–Crippen LogP) is 6.60. The van der Waals surface area contributed by atoms with E-state index in [1.165, 1.54) is 0 Å². The molecule has 0 bridgehead atoms. The number of hydrogen-bond acceptors (Lipinski definition) is 5. The Balaban J connectivity index is 2.03. The molecule has 0 saturated heterocycles.